The standard InChI is InChI=1S/C14H19N3O/c15-9-12-4-5-13(16)14(8-12)17-6-1-7-18-10-11-2-3-11/h4-5,8,11,17H,1-3,6-7,10,16H2. The molecule has 0 aromatic heterocycles. The summed E-state index contributed by atoms with van der Waals surface area (Å²) in [7, 11) is 0. The summed E-state index contributed by atoms with van der Waals surface area (Å²) in [4.78, 5) is 0. The first-order valence-electron chi connectivity index (χ1n) is 6.41. The van der Waals surface area contributed by atoms with Crippen molar-refractivity contribution >= 4 is 11.4 Å². The summed E-state index contributed by atoms with van der Waals surface area (Å²) in [6.45, 7) is 2.50. The van der Waals surface area contributed by atoms with Gasteiger partial charge in [0.15, 0.2) is 0 Å². The largest absolute Gasteiger partial charge is 0.397 e. The van der Waals surface area contributed by atoms with Crippen molar-refractivity contribution in [1.29, 1.82) is 5.26 Å². The molecule has 4 nitrogen and oxygen atoms in total. The molecule has 0 radical (unpaired) electrons. The summed E-state index contributed by atoms with van der Waals surface area (Å²) >= 11 is 0. The molecule has 0 atom stereocenters. The van der Waals surface area contributed by atoms with Gasteiger partial charge in [-0.2, -0.15) is 5.26 Å². The van der Waals surface area contributed by atoms with Gasteiger partial charge in [-0.15, -0.1) is 0 Å². The summed E-state index contributed by atoms with van der Waals surface area (Å²) in [5, 5.41) is 12.0. The topological polar surface area (TPSA) is 71.1 Å². The van der Waals surface area contributed by atoms with Crippen molar-refractivity contribution in [3.63, 3.8) is 0 Å². The molecule has 1 fully saturated rings. The Bertz CT molecular complexity index is 435. The minimum absolute atomic E-state index is 0.622. The summed E-state index contributed by atoms with van der Waals surface area (Å²) < 4.78 is 5.55. The average molecular weight is 245 g/mol. The number of ether oxygens (including phenoxy) is 1. The van der Waals surface area contributed by atoms with Gasteiger partial charge in [0, 0.05) is 19.8 Å². The first kappa shape index (κ1) is 12.7. The lowest BCUT2D eigenvalue weighted by Crippen LogP contribution is -2.08. The van der Waals surface area contributed by atoms with Gasteiger partial charge in [0.25, 0.3) is 0 Å². The van der Waals surface area contributed by atoms with Crippen LogP contribution in [0.15, 0.2) is 18.2 Å². The fraction of sp³-hybridized carbons (Fsp3) is 0.500. The molecular formula is C14H19N3O. The van der Waals surface area contributed by atoms with E-state index in [0.29, 0.717) is 11.3 Å². The third kappa shape index (κ3) is 3.94. The van der Waals surface area contributed by atoms with Crippen molar-refractivity contribution in [3.05, 3.63) is 23.8 Å². The molecule has 2 rings (SSSR count). The number of nitrogens with one attached hydrogen (secondary N) is 1. The highest BCUT2D eigenvalue weighted by molar-refractivity contribution is 5.68. The number of anilines is 2. The van der Waals surface area contributed by atoms with E-state index in [1.807, 2.05) is 0 Å². The van der Waals surface area contributed by atoms with Gasteiger partial charge in [-0.25, -0.2) is 0 Å². The van der Waals surface area contributed by atoms with Crippen LogP contribution < -0.4 is 11.1 Å². The second-order valence-corrected chi connectivity index (χ2v) is 4.71. The first-order chi connectivity index (χ1) is 8.79. The van der Waals surface area contributed by atoms with E-state index >= 15 is 0 Å². The van der Waals surface area contributed by atoms with E-state index in [9.17, 15) is 0 Å². The van der Waals surface area contributed by atoms with Crippen molar-refractivity contribution in [2.75, 3.05) is 30.8 Å². The van der Waals surface area contributed by atoms with E-state index in [1.165, 1.54) is 12.8 Å². The number of nitrogens with zero attached hydrogens (tertiary/aromatic N) is 1. The van der Waals surface area contributed by atoms with E-state index in [0.717, 1.165) is 37.8 Å². The number of hydrogen-bond donors (Lipinski definition) is 2. The Morgan fingerprint density at radius 2 is 2.28 bits per heavy atom. The van der Waals surface area contributed by atoms with E-state index in [-0.39, 0.29) is 0 Å². The molecule has 18 heavy (non-hydrogen) atoms. The molecule has 1 aliphatic rings. The predicted octanol–water partition coefficient (Wildman–Crippen LogP) is 2.37. The molecule has 1 aliphatic carbocycles. The molecule has 0 saturated heterocycles. The van der Waals surface area contributed by atoms with E-state index in [4.69, 9.17) is 15.7 Å². The Kier molecular flexibility index (Phi) is 4.43. The summed E-state index contributed by atoms with van der Waals surface area (Å²) in [5.74, 6) is 0.820. The van der Waals surface area contributed by atoms with E-state index in [1.54, 1.807) is 18.2 Å². The molecule has 1 aromatic rings. The third-order valence-corrected chi connectivity index (χ3v) is 3.01. The van der Waals surface area contributed by atoms with Gasteiger partial charge < -0.3 is 15.8 Å². The number of nitrogens with two attached hydrogens (primary N) is 1. The van der Waals surface area contributed by atoms with Crippen LogP contribution in [0.3, 0.4) is 0 Å². The van der Waals surface area contributed by atoms with Crippen molar-refractivity contribution in [3.8, 4) is 6.07 Å². The van der Waals surface area contributed by atoms with Crippen molar-refractivity contribution in [1.82, 2.24) is 0 Å². The minimum atomic E-state index is 0.622. The number of rotatable bonds is 7. The number of nitriles is 1. The molecule has 0 heterocycles. The summed E-state index contributed by atoms with van der Waals surface area (Å²) in [6, 6.07) is 7.36. The smallest absolute Gasteiger partial charge is 0.0992 e. The Balaban J connectivity index is 1.67. The molecule has 1 aromatic carbocycles. The Labute approximate surface area is 108 Å². The maximum atomic E-state index is 8.81. The highest BCUT2D eigenvalue weighted by Crippen LogP contribution is 2.28. The monoisotopic (exact) mass is 245 g/mol. The van der Waals surface area contributed by atoms with E-state index in [2.05, 4.69) is 11.4 Å². The SMILES string of the molecule is N#Cc1ccc(N)c(NCCCOCC2CC2)c1. The maximum absolute atomic E-state index is 8.81. The van der Waals surface area contributed by atoms with Gasteiger partial charge in [0.1, 0.15) is 0 Å². The zero-order valence-electron chi connectivity index (χ0n) is 10.5. The lowest BCUT2D eigenvalue weighted by Gasteiger charge is -2.09. The average Bonchev–Trinajstić information content (AvgIpc) is 3.19. The highest BCUT2D eigenvalue weighted by atomic mass is 16.5. The quantitative estimate of drug-likeness (QED) is 0.571. The molecule has 0 spiro atoms. The maximum Gasteiger partial charge on any atom is 0.0992 e. The molecule has 0 amide bonds. The lowest BCUT2D eigenvalue weighted by atomic mass is 10.2. The molecule has 1 saturated carbocycles. The Morgan fingerprint density at radius 1 is 1.44 bits per heavy atom. The molecule has 0 aliphatic heterocycles. The third-order valence-electron chi connectivity index (χ3n) is 3.01. The van der Waals surface area contributed by atoms with Gasteiger partial charge in [-0.1, -0.05) is 0 Å². The second kappa shape index (κ2) is 6.27. The van der Waals surface area contributed by atoms with Crippen molar-refractivity contribution in [2.45, 2.75) is 19.3 Å². The normalized spacial score (nSPS) is 14.2. The number of hydrogen-bond acceptors (Lipinski definition) is 4. The number of nitrogen functional groups attached to an aromatic ring is 1. The molecular weight excluding hydrogens is 226 g/mol. The van der Waals surface area contributed by atoms with Crippen LogP contribution in [-0.4, -0.2) is 19.8 Å². The second-order valence-electron chi connectivity index (χ2n) is 4.71. The Morgan fingerprint density at radius 3 is 3.00 bits per heavy atom. The van der Waals surface area contributed by atoms with E-state index < -0.39 is 0 Å². The van der Waals surface area contributed by atoms with Crippen LogP contribution in [0.2, 0.25) is 0 Å². The zero-order valence-corrected chi connectivity index (χ0v) is 10.5. The highest BCUT2D eigenvalue weighted by Gasteiger charge is 2.20. The fourth-order valence-electron chi connectivity index (χ4n) is 1.71. The lowest BCUT2D eigenvalue weighted by molar-refractivity contribution is 0.124. The molecule has 0 bridgehead atoms. The minimum Gasteiger partial charge on any atom is -0.397 e. The van der Waals surface area contributed by atoms with Gasteiger partial charge >= 0.3 is 0 Å². The van der Waals surface area contributed by atoms with Crippen LogP contribution in [0.25, 0.3) is 0 Å². The van der Waals surface area contributed by atoms with Crippen LogP contribution >= 0.6 is 0 Å². The van der Waals surface area contributed by atoms with Crippen molar-refractivity contribution in [2.24, 2.45) is 5.92 Å². The van der Waals surface area contributed by atoms with Gasteiger partial charge in [-0.05, 0) is 43.4 Å². The summed E-state index contributed by atoms with van der Waals surface area (Å²) in [5.41, 5.74) is 7.96. The van der Waals surface area contributed by atoms with Crippen LogP contribution in [0.1, 0.15) is 24.8 Å². The van der Waals surface area contributed by atoms with Crippen LogP contribution in [-0.2, 0) is 4.74 Å². The molecule has 4 heteroatoms. The van der Waals surface area contributed by atoms with Crippen molar-refractivity contribution < 1.29 is 4.74 Å². The number of benzene rings is 1. The molecule has 3 N–H and O–H groups in total. The Hall–Kier alpha value is -1.73. The van der Waals surface area contributed by atoms with Gasteiger partial charge in [0.2, 0.25) is 0 Å². The van der Waals surface area contributed by atoms with Gasteiger partial charge in [-0.3, -0.25) is 0 Å². The summed E-state index contributed by atoms with van der Waals surface area (Å²) in [6.07, 6.45) is 3.61. The zero-order chi connectivity index (χ0) is 12.8. The van der Waals surface area contributed by atoms with Crippen LogP contribution in [0.5, 0.6) is 0 Å². The fourth-order valence-corrected chi connectivity index (χ4v) is 1.71. The van der Waals surface area contributed by atoms with Gasteiger partial charge in [0.05, 0.1) is 23.0 Å². The molecule has 0 unspecified atom stereocenters. The van der Waals surface area contributed by atoms with Crippen LogP contribution in [0, 0.1) is 17.2 Å². The first-order valence-corrected chi connectivity index (χ1v) is 6.41. The van der Waals surface area contributed by atoms with Crippen LogP contribution in [0.4, 0.5) is 11.4 Å². The predicted molar refractivity (Wildman–Crippen MR) is 72.2 cm³/mol. The molecule has 96 valence electrons.